The molecule has 1 unspecified atom stereocenters. The van der Waals surface area contributed by atoms with Crippen LogP contribution in [0.5, 0.6) is 5.75 Å². The summed E-state index contributed by atoms with van der Waals surface area (Å²) in [5.74, 6) is 1.12. The molecule has 0 spiro atoms. The molecule has 0 aliphatic carbocycles. The van der Waals surface area contributed by atoms with E-state index in [1.165, 1.54) is 0 Å². The first-order valence-corrected chi connectivity index (χ1v) is 6.82. The van der Waals surface area contributed by atoms with Gasteiger partial charge in [0.05, 0.1) is 13.0 Å². The zero-order valence-corrected chi connectivity index (χ0v) is 11.7. The average Bonchev–Trinajstić information content (AvgIpc) is 2.47. The first-order chi connectivity index (χ1) is 9.20. The highest BCUT2D eigenvalue weighted by Crippen LogP contribution is 2.19. The maximum atomic E-state index is 12.0. The van der Waals surface area contributed by atoms with E-state index in [1.54, 1.807) is 7.11 Å². The molecule has 1 atom stereocenters. The fourth-order valence-electron chi connectivity index (χ4n) is 2.38. The SMILES string of the molecule is COc1cc(CNC(=O)C2CCCNC2)ccc1C. The Bertz CT molecular complexity index is 440. The third-order valence-electron chi connectivity index (χ3n) is 3.61. The van der Waals surface area contributed by atoms with Crippen molar-refractivity contribution in [1.29, 1.82) is 0 Å². The van der Waals surface area contributed by atoms with Gasteiger partial charge in [0.2, 0.25) is 5.91 Å². The summed E-state index contributed by atoms with van der Waals surface area (Å²) in [6.07, 6.45) is 2.06. The largest absolute Gasteiger partial charge is 0.496 e. The van der Waals surface area contributed by atoms with Crippen molar-refractivity contribution in [2.45, 2.75) is 26.3 Å². The number of rotatable bonds is 4. The van der Waals surface area contributed by atoms with E-state index in [0.717, 1.165) is 42.8 Å². The molecule has 4 heteroatoms. The maximum absolute atomic E-state index is 12.0. The minimum atomic E-state index is 0.112. The van der Waals surface area contributed by atoms with Crippen molar-refractivity contribution in [3.63, 3.8) is 0 Å². The molecule has 1 aromatic carbocycles. The number of methoxy groups -OCH3 is 1. The molecule has 0 radical (unpaired) electrons. The van der Waals surface area contributed by atoms with Crippen LogP contribution in [0.3, 0.4) is 0 Å². The van der Waals surface area contributed by atoms with E-state index >= 15 is 0 Å². The standard InChI is InChI=1S/C15H22N2O2/c1-11-5-6-12(8-14(11)19-2)9-17-15(18)13-4-3-7-16-10-13/h5-6,8,13,16H,3-4,7,9-10H2,1-2H3,(H,17,18). The molecular weight excluding hydrogens is 240 g/mol. The summed E-state index contributed by atoms with van der Waals surface area (Å²) in [6, 6.07) is 6.02. The van der Waals surface area contributed by atoms with Crippen molar-refractivity contribution in [2.75, 3.05) is 20.2 Å². The molecule has 2 N–H and O–H groups in total. The lowest BCUT2D eigenvalue weighted by molar-refractivity contribution is -0.125. The predicted molar refractivity (Wildman–Crippen MR) is 75.2 cm³/mol. The highest BCUT2D eigenvalue weighted by molar-refractivity contribution is 5.78. The van der Waals surface area contributed by atoms with Crippen molar-refractivity contribution in [3.05, 3.63) is 29.3 Å². The zero-order valence-electron chi connectivity index (χ0n) is 11.7. The van der Waals surface area contributed by atoms with Crippen LogP contribution >= 0.6 is 0 Å². The third-order valence-corrected chi connectivity index (χ3v) is 3.61. The second-order valence-electron chi connectivity index (χ2n) is 5.07. The van der Waals surface area contributed by atoms with E-state index in [4.69, 9.17) is 4.74 Å². The van der Waals surface area contributed by atoms with Crippen LogP contribution in [0, 0.1) is 12.8 Å². The van der Waals surface area contributed by atoms with E-state index in [1.807, 2.05) is 25.1 Å². The summed E-state index contributed by atoms with van der Waals surface area (Å²) in [6.45, 7) is 4.39. The average molecular weight is 262 g/mol. The Hall–Kier alpha value is -1.55. The van der Waals surface area contributed by atoms with E-state index in [9.17, 15) is 4.79 Å². The molecule has 0 saturated carbocycles. The third kappa shape index (κ3) is 3.70. The zero-order chi connectivity index (χ0) is 13.7. The Labute approximate surface area is 114 Å². The van der Waals surface area contributed by atoms with E-state index in [0.29, 0.717) is 6.54 Å². The molecule has 2 rings (SSSR count). The summed E-state index contributed by atoms with van der Waals surface area (Å²) in [7, 11) is 1.67. The van der Waals surface area contributed by atoms with E-state index in [2.05, 4.69) is 10.6 Å². The van der Waals surface area contributed by atoms with Crippen LogP contribution in [0.4, 0.5) is 0 Å². The first-order valence-electron chi connectivity index (χ1n) is 6.82. The van der Waals surface area contributed by atoms with Gasteiger partial charge in [-0.2, -0.15) is 0 Å². The second-order valence-corrected chi connectivity index (χ2v) is 5.07. The van der Waals surface area contributed by atoms with E-state index < -0.39 is 0 Å². The quantitative estimate of drug-likeness (QED) is 0.867. The molecule has 0 bridgehead atoms. The van der Waals surface area contributed by atoms with Gasteiger partial charge in [0.25, 0.3) is 0 Å². The summed E-state index contributed by atoms with van der Waals surface area (Å²) >= 11 is 0. The molecule has 1 aliphatic heterocycles. The lowest BCUT2D eigenvalue weighted by Crippen LogP contribution is -2.40. The van der Waals surface area contributed by atoms with Gasteiger partial charge in [0.1, 0.15) is 5.75 Å². The Kier molecular flexibility index (Phi) is 4.80. The van der Waals surface area contributed by atoms with Crippen LogP contribution in [0.15, 0.2) is 18.2 Å². The van der Waals surface area contributed by atoms with Crippen molar-refractivity contribution >= 4 is 5.91 Å². The molecule has 1 heterocycles. The number of piperidine rings is 1. The van der Waals surface area contributed by atoms with Crippen molar-refractivity contribution in [1.82, 2.24) is 10.6 Å². The van der Waals surface area contributed by atoms with Gasteiger partial charge in [-0.3, -0.25) is 4.79 Å². The molecule has 1 aliphatic rings. The number of hydrogen-bond acceptors (Lipinski definition) is 3. The highest BCUT2D eigenvalue weighted by atomic mass is 16.5. The lowest BCUT2D eigenvalue weighted by atomic mass is 9.99. The van der Waals surface area contributed by atoms with Crippen LogP contribution in [-0.2, 0) is 11.3 Å². The van der Waals surface area contributed by atoms with Gasteiger partial charge >= 0.3 is 0 Å². The minimum Gasteiger partial charge on any atom is -0.496 e. The Balaban J connectivity index is 1.89. The minimum absolute atomic E-state index is 0.112. The Morgan fingerprint density at radius 3 is 3.05 bits per heavy atom. The number of carbonyl (C=O) groups excluding carboxylic acids is 1. The Morgan fingerprint density at radius 1 is 1.53 bits per heavy atom. The number of nitrogens with one attached hydrogen (secondary N) is 2. The van der Waals surface area contributed by atoms with Crippen molar-refractivity contribution in [2.24, 2.45) is 5.92 Å². The summed E-state index contributed by atoms with van der Waals surface area (Å²) in [5.41, 5.74) is 2.17. The van der Waals surface area contributed by atoms with Crippen LogP contribution in [0.2, 0.25) is 0 Å². The van der Waals surface area contributed by atoms with Crippen LogP contribution < -0.4 is 15.4 Å². The number of hydrogen-bond donors (Lipinski definition) is 2. The number of aryl methyl sites for hydroxylation is 1. The van der Waals surface area contributed by atoms with Gasteiger partial charge in [-0.25, -0.2) is 0 Å². The monoisotopic (exact) mass is 262 g/mol. The number of benzene rings is 1. The smallest absolute Gasteiger partial charge is 0.224 e. The molecular formula is C15H22N2O2. The molecule has 1 aromatic rings. The lowest BCUT2D eigenvalue weighted by Gasteiger charge is -2.22. The van der Waals surface area contributed by atoms with Crippen molar-refractivity contribution < 1.29 is 9.53 Å². The second kappa shape index (κ2) is 6.57. The van der Waals surface area contributed by atoms with Crippen molar-refractivity contribution in [3.8, 4) is 5.75 Å². The number of carbonyl (C=O) groups is 1. The number of amides is 1. The fraction of sp³-hybridized carbons (Fsp3) is 0.533. The van der Waals surface area contributed by atoms with Gasteiger partial charge in [-0.1, -0.05) is 12.1 Å². The van der Waals surface area contributed by atoms with Gasteiger partial charge < -0.3 is 15.4 Å². The maximum Gasteiger partial charge on any atom is 0.224 e. The van der Waals surface area contributed by atoms with Gasteiger partial charge in [0.15, 0.2) is 0 Å². The topological polar surface area (TPSA) is 50.4 Å². The first kappa shape index (κ1) is 13.9. The fourth-order valence-corrected chi connectivity index (χ4v) is 2.38. The molecule has 19 heavy (non-hydrogen) atoms. The van der Waals surface area contributed by atoms with E-state index in [-0.39, 0.29) is 11.8 Å². The molecule has 0 aromatic heterocycles. The van der Waals surface area contributed by atoms with Gasteiger partial charge in [-0.05, 0) is 43.5 Å². The Morgan fingerprint density at radius 2 is 2.37 bits per heavy atom. The normalized spacial score (nSPS) is 18.9. The van der Waals surface area contributed by atoms with Crippen LogP contribution in [-0.4, -0.2) is 26.1 Å². The molecule has 1 fully saturated rings. The molecule has 1 saturated heterocycles. The van der Waals surface area contributed by atoms with Crippen LogP contribution in [0.1, 0.15) is 24.0 Å². The van der Waals surface area contributed by atoms with Gasteiger partial charge in [0, 0.05) is 13.1 Å². The predicted octanol–water partition coefficient (Wildman–Crippen LogP) is 1.62. The molecule has 1 amide bonds. The molecule has 104 valence electrons. The highest BCUT2D eigenvalue weighted by Gasteiger charge is 2.20. The summed E-state index contributed by atoms with van der Waals surface area (Å²) in [4.78, 5) is 12.0. The van der Waals surface area contributed by atoms with Crippen LogP contribution in [0.25, 0.3) is 0 Å². The number of ether oxygens (including phenoxy) is 1. The molecule has 4 nitrogen and oxygen atoms in total. The summed E-state index contributed by atoms with van der Waals surface area (Å²) < 4.78 is 5.29. The van der Waals surface area contributed by atoms with Gasteiger partial charge in [-0.15, -0.1) is 0 Å². The summed E-state index contributed by atoms with van der Waals surface area (Å²) in [5, 5.41) is 6.26.